The summed E-state index contributed by atoms with van der Waals surface area (Å²) in [5, 5.41) is 10.5. The number of rotatable bonds is 17. The van der Waals surface area contributed by atoms with Crippen LogP contribution in [0.4, 0.5) is 0 Å². The summed E-state index contributed by atoms with van der Waals surface area (Å²) in [5.41, 5.74) is 0. The van der Waals surface area contributed by atoms with E-state index in [2.05, 4.69) is 19.1 Å². The standard InChI is InChI=1S/C26H42O3/c1-3-5-6-7-8-9-10-11-12-13-14-18-21-25(27)23(4-2)22-26(28)29-24-19-16-15-17-20-24/h11-12,15-17,19-20,23,25,27H,3-10,13-14,18,21-22H2,1-2H3/b12-11-. The van der Waals surface area contributed by atoms with Crippen LogP contribution < -0.4 is 4.74 Å². The second-order valence-corrected chi connectivity index (χ2v) is 8.04. The number of hydrogen-bond acceptors (Lipinski definition) is 3. The zero-order valence-electron chi connectivity index (χ0n) is 18.7. The van der Waals surface area contributed by atoms with Gasteiger partial charge in [0.15, 0.2) is 0 Å². The average molecular weight is 403 g/mol. The van der Waals surface area contributed by atoms with Crippen molar-refractivity contribution in [2.24, 2.45) is 5.92 Å². The van der Waals surface area contributed by atoms with Gasteiger partial charge in [-0.15, -0.1) is 0 Å². The highest BCUT2D eigenvalue weighted by atomic mass is 16.5. The summed E-state index contributed by atoms with van der Waals surface area (Å²) in [6.45, 7) is 4.28. The summed E-state index contributed by atoms with van der Waals surface area (Å²) in [5.74, 6) is 0.267. The first-order valence-electron chi connectivity index (χ1n) is 11.8. The lowest BCUT2D eigenvalue weighted by molar-refractivity contribution is -0.136. The quantitative estimate of drug-likeness (QED) is 0.129. The van der Waals surface area contributed by atoms with Gasteiger partial charge in [-0.3, -0.25) is 4.79 Å². The molecule has 29 heavy (non-hydrogen) atoms. The summed E-state index contributed by atoms with van der Waals surface area (Å²) >= 11 is 0. The van der Waals surface area contributed by atoms with Crippen LogP contribution in [0.3, 0.4) is 0 Å². The first kappa shape index (κ1) is 25.4. The number of para-hydroxylation sites is 1. The van der Waals surface area contributed by atoms with Crippen LogP contribution in [-0.2, 0) is 4.79 Å². The number of unbranched alkanes of at least 4 members (excludes halogenated alkanes) is 8. The van der Waals surface area contributed by atoms with Crippen LogP contribution in [0.25, 0.3) is 0 Å². The molecule has 0 saturated carbocycles. The monoisotopic (exact) mass is 402 g/mol. The van der Waals surface area contributed by atoms with Crippen LogP contribution in [0.2, 0.25) is 0 Å². The lowest BCUT2D eigenvalue weighted by atomic mass is 9.92. The molecule has 0 saturated heterocycles. The van der Waals surface area contributed by atoms with Crippen LogP contribution in [-0.4, -0.2) is 17.2 Å². The Kier molecular flexibility index (Phi) is 15.1. The van der Waals surface area contributed by atoms with Gasteiger partial charge < -0.3 is 9.84 Å². The first-order valence-corrected chi connectivity index (χ1v) is 11.8. The summed E-state index contributed by atoms with van der Waals surface area (Å²) in [7, 11) is 0. The summed E-state index contributed by atoms with van der Waals surface area (Å²) in [6.07, 6.45) is 18.4. The van der Waals surface area contributed by atoms with Gasteiger partial charge in [-0.25, -0.2) is 0 Å². The molecule has 0 aliphatic carbocycles. The van der Waals surface area contributed by atoms with Gasteiger partial charge in [0, 0.05) is 0 Å². The number of carbonyl (C=O) groups excluding carboxylic acids is 1. The maximum atomic E-state index is 12.1. The number of esters is 1. The molecule has 1 rings (SSSR count). The molecular weight excluding hydrogens is 360 g/mol. The molecule has 0 heterocycles. The molecule has 0 radical (unpaired) electrons. The Labute approximate surface area is 178 Å². The predicted molar refractivity (Wildman–Crippen MR) is 122 cm³/mol. The minimum atomic E-state index is -0.435. The van der Waals surface area contributed by atoms with Crippen molar-refractivity contribution in [2.75, 3.05) is 0 Å². The summed E-state index contributed by atoms with van der Waals surface area (Å²) < 4.78 is 5.35. The molecule has 0 amide bonds. The minimum Gasteiger partial charge on any atom is -0.427 e. The maximum absolute atomic E-state index is 12.1. The van der Waals surface area contributed by atoms with Crippen molar-refractivity contribution in [3.63, 3.8) is 0 Å². The number of aliphatic hydroxyl groups is 1. The van der Waals surface area contributed by atoms with Crippen molar-refractivity contribution in [3.8, 4) is 5.75 Å². The topological polar surface area (TPSA) is 46.5 Å². The highest BCUT2D eigenvalue weighted by Gasteiger charge is 2.21. The Balaban J connectivity index is 2.10. The van der Waals surface area contributed by atoms with Gasteiger partial charge >= 0.3 is 5.97 Å². The van der Waals surface area contributed by atoms with E-state index in [1.165, 1.54) is 44.9 Å². The van der Waals surface area contributed by atoms with Gasteiger partial charge in [0.25, 0.3) is 0 Å². The van der Waals surface area contributed by atoms with Crippen LogP contribution in [0.15, 0.2) is 42.5 Å². The van der Waals surface area contributed by atoms with Gasteiger partial charge in [-0.05, 0) is 50.2 Å². The Bertz CT molecular complexity index is 538. The van der Waals surface area contributed by atoms with Gasteiger partial charge in [-0.1, -0.05) is 89.1 Å². The highest BCUT2D eigenvalue weighted by molar-refractivity contribution is 5.72. The maximum Gasteiger partial charge on any atom is 0.311 e. The van der Waals surface area contributed by atoms with E-state index in [0.717, 1.165) is 32.1 Å². The van der Waals surface area contributed by atoms with E-state index in [1.54, 1.807) is 12.1 Å². The molecular formula is C26H42O3. The van der Waals surface area contributed by atoms with E-state index in [9.17, 15) is 9.90 Å². The Morgan fingerprint density at radius 3 is 2.21 bits per heavy atom. The Morgan fingerprint density at radius 1 is 0.931 bits per heavy atom. The molecule has 2 unspecified atom stereocenters. The number of carbonyl (C=O) groups is 1. The smallest absolute Gasteiger partial charge is 0.311 e. The van der Waals surface area contributed by atoms with Crippen molar-refractivity contribution in [3.05, 3.63) is 42.5 Å². The van der Waals surface area contributed by atoms with Gasteiger partial charge in [-0.2, -0.15) is 0 Å². The number of benzene rings is 1. The molecule has 0 bridgehead atoms. The zero-order valence-corrected chi connectivity index (χ0v) is 18.7. The minimum absolute atomic E-state index is 0.0329. The lowest BCUT2D eigenvalue weighted by Gasteiger charge is -2.20. The van der Waals surface area contributed by atoms with Gasteiger partial charge in [0.05, 0.1) is 12.5 Å². The second-order valence-electron chi connectivity index (χ2n) is 8.04. The molecule has 1 aromatic rings. The zero-order chi connectivity index (χ0) is 21.2. The van der Waals surface area contributed by atoms with Crippen molar-refractivity contribution in [1.82, 2.24) is 0 Å². The molecule has 0 aliphatic rings. The molecule has 164 valence electrons. The molecule has 0 fully saturated rings. The number of ether oxygens (including phenoxy) is 1. The molecule has 3 nitrogen and oxygen atoms in total. The van der Waals surface area contributed by atoms with Crippen molar-refractivity contribution in [2.45, 2.75) is 103 Å². The van der Waals surface area contributed by atoms with Crippen molar-refractivity contribution < 1.29 is 14.6 Å². The van der Waals surface area contributed by atoms with E-state index < -0.39 is 6.10 Å². The van der Waals surface area contributed by atoms with Crippen LogP contribution >= 0.6 is 0 Å². The Morgan fingerprint density at radius 2 is 1.55 bits per heavy atom. The SMILES string of the molecule is CCCCCCCC/C=C\CCCCC(O)C(CC)CC(=O)Oc1ccccc1. The molecule has 0 spiro atoms. The summed E-state index contributed by atoms with van der Waals surface area (Å²) in [6, 6.07) is 9.12. The highest BCUT2D eigenvalue weighted by Crippen LogP contribution is 2.20. The van der Waals surface area contributed by atoms with Crippen LogP contribution in [0, 0.1) is 5.92 Å². The van der Waals surface area contributed by atoms with Crippen LogP contribution in [0.1, 0.15) is 97.3 Å². The predicted octanol–water partition coefficient (Wildman–Crippen LogP) is 7.24. The fourth-order valence-corrected chi connectivity index (χ4v) is 3.56. The fraction of sp³-hybridized carbons (Fsp3) is 0.654. The average Bonchev–Trinajstić information content (AvgIpc) is 2.73. The van der Waals surface area contributed by atoms with Gasteiger partial charge in [0.1, 0.15) is 5.75 Å². The van der Waals surface area contributed by atoms with E-state index >= 15 is 0 Å². The molecule has 1 aromatic carbocycles. The third-order valence-electron chi connectivity index (χ3n) is 5.48. The normalized spacial score (nSPS) is 13.5. The van der Waals surface area contributed by atoms with E-state index in [1.807, 2.05) is 25.1 Å². The largest absolute Gasteiger partial charge is 0.427 e. The van der Waals surface area contributed by atoms with Crippen molar-refractivity contribution in [1.29, 1.82) is 0 Å². The molecule has 0 aromatic heterocycles. The lowest BCUT2D eigenvalue weighted by Crippen LogP contribution is -2.24. The third-order valence-corrected chi connectivity index (χ3v) is 5.48. The van der Waals surface area contributed by atoms with E-state index in [-0.39, 0.29) is 18.3 Å². The molecule has 3 heteroatoms. The number of allylic oxidation sites excluding steroid dienone is 2. The molecule has 1 N–H and O–H groups in total. The van der Waals surface area contributed by atoms with E-state index in [4.69, 9.17) is 4.74 Å². The van der Waals surface area contributed by atoms with Crippen LogP contribution in [0.5, 0.6) is 5.75 Å². The third kappa shape index (κ3) is 13.3. The first-order chi connectivity index (χ1) is 14.2. The Hall–Kier alpha value is -1.61. The second kappa shape index (κ2) is 17.3. The fourth-order valence-electron chi connectivity index (χ4n) is 3.56. The van der Waals surface area contributed by atoms with E-state index in [0.29, 0.717) is 5.75 Å². The molecule has 0 aliphatic heterocycles. The van der Waals surface area contributed by atoms with Crippen molar-refractivity contribution >= 4 is 5.97 Å². The number of aliphatic hydroxyl groups excluding tert-OH is 1. The number of hydrogen-bond donors (Lipinski definition) is 1. The summed E-state index contributed by atoms with van der Waals surface area (Å²) in [4.78, 5) is 12.1. The molecule has 2 atom stereocenters. The van der Waals surface area contributed by atoms with Gasteiger partial charge in [0.2, 0.25) is 0 Å².